The van der Waals surface area contributed by atoms with Crippen LogP contribution in [0.25, 0.3) is 10.9 Å². The molecule has 0 amide bonds. The molecule has 106 valence electrons. The van der Waals surface area contributed by atoms with Crippen molar-refractivity contribution in [3.63, 3.8) is 0 Å². The number of anilines is 1. The fourth-order valence-corrected chi connectivity index (χ4v) is 2.55. The molecule has 0 aliphatic rings. The first-order valence-corrected chi connectivity index (χ1v) is 7.07. The van der Waals surface area contributed by atoms with Crippen LogP contribution < -0.4 is 10.1 Å². The number of para-hydroxylation sites is 1. The molecule has 0 saturated carbocycles. The predicted molar refractivity (Wildman–Crippen MR) is 87.6 cm³/mol. The van der Waals surface area contributed by atoms with E-state index in [1.54, 1.807) is 0 Å². The summed E-state index contributed by atoms with van der Waals surface area (Å²) in [6.45, 7) is 1.95. The monoisotopic (exact) mass is 298 g/mol. The van der Waals surface area contributed by atoms with Gasteiger partial charge in [-0.1, -0.05) is 29.8 Å². The Morgan fingerprint density at radius 1 is 1.10 bits per heavy atom. The third-order valence-corrected chi connectivity index (χ3v) is 3.56. The van der Waals surface area contributed by atoms with Gasteiger partial charge in [-0.15, -0.1) is 0 Å². The van der Waals surface area contributed by atoms with Gasteiger partial charge >= 0.3 is 0 Å². The summed E-state index contributed by atoms with van der Waals surface area (Å²) in [4.78, 5) is 4.59. The number of aryl methyl sites for hydroxylation is 1. The summed E-state index contributed by atoms with van der Waals surface area (Å²) in [5, 5.41) is 4.69. The maximum atomic E-state index is 6.33. The summed E-state index contributed by atoms with van der Waals surface area (Å²) in [5.41, 5.74) is 2.61. The number of hydrogen-bond donors (Lipinski definition) is 1. The molecule has 0 spiro atoms. The normalized spacial score (nSPS) is 10.6. The summed E-state index contributed by atoms with van der Waals surface area (Å²) in [6.07, 6.45) is 0. The first-order valence-electron chi connectivity index (χ1n) is 6.69. The van der Waals surface area contributed by atoms with Gasteiger partial charge in [0.1, 0.15) is 11.3 Å². The quantitative estimate of drug-likeness (QED) is 0.736. The topological polar surface area (TPSA) is 34.2 Å². The fourth-order valence-electron chi connectivity index (χ4n) is 2.30. The first kappa shape index (κ1) is 13.7. The highest BCUT2D eigenvalue weighted by Crippen LogP contribution is 2.37. The highest BCUT2D eigenvalue weighted by Gasteiger charge is 2.12. The van der Waals surface area contributed by atoms with Crippen molar-refractivity contribution in [2.24, 2.45) is 0 Å². The maximum absolute atomic E-state index is 6.33. The van der Waals surface area contributed by atoms with Gasteiger partial charge in [-0.05, 0) is 37.3 Å². The Hall–Kier alpha value is -2.26. The molecule has 1 heterocycles. The number of aromatic nitrogens is 1. The van der Waals surface area contributed by atoms with Crippen molar-refractivity contribution in [3.8, 4) is 11.5 Å². The highest BCUT2D eigenvalue weighted by atomic mass is 35.5. The van der Waals surface area contributed by atoms with Gasteiger partial charge in [0.05, 0.1) is 5.02 Å². The number of pyridine rings is 1. The molecule has 2 aromatic carbocycles. The van der Waals surface area contributed by atoms with E-state index >= 15 is 0 Å². The third-order valence-electron chi connectivity index (χ3n) is 3.24. The minimum atomic E-state index is 0.655. The lowest BCUT2D eigenvalue weighted by atomic mass is 10.1. The number of halogens is 1. The lowest BCUT2D eigenvalue weighted by molar-refractivity contribution is 0.487. The number of nitrogens with zero attached hydrogens (tertiary/aromatic N) is 1. The molecule has 0 radical (unpaired) electrons. The van der Waals surface area contributed by atoms with Crippen LogP contribution in [0.4, 0.5) is 5.69 Å². The van der Waals surface area contributed by atoms with Crippen molar-refractivity contribution in [3.05, 3.63) is 59.2 Å². The fraction of sp³-hybridized carbons (Fsp3) is 0.118. The molecule has 3 aromatic rings. The van der Waals surface area contributed by atoms with Crippen molar-refractivity contribution in [2.75, 3.05) is 12.4 Å². The molecule has 3 rings (SSSR count). The van der Waals surface area contributed by atoms with E-state index in [0.717, 1.165) is 28.0 Å². The average molecular weight is 299 g/mol. The minimum Gasteiger partial charge on any atom is -0.455 e. The zero-order chi connectivity index (χ0) is 14.8. The number of hydrogen-bond acceptors (Lipinski definition) is 3. The molecule has 0 fully saturated rings. The van der Waals surface area contributed by atoms with Crippen LogP contribution in [0, 0.1) is 6.92 Å². The summed E-state index contributed by atoms with van der Waals surface area (Å²) in [7, 11) is 1.87. The standard InChI is InChI=1S/C17H15ClN2O/c1-11-10-14(19-2)16-13(18)8-9-15(17(16)20-11)21-12-6-4-3-5-7-12/h3-10H,1-2H3,(H,19,20). The zero-order valence-electron chi connectivity index (χ0n) is 11.9. The minimum absolute atomic E-state index is 0.655. The summed E-state index contributed by atoms with van der Waals surface area (Å²) >= 11 is 6.33. The van der Waals surface area contributed by atoms with Crippen molar-refractivity contribution in [1.29, 1.82) is 0 Å². The Kier molecular flexibility index (Phi) is 3.67. The molecule has 4 heteroatoms. The van der Waals surface area contributed by atoms with E-state index in [9.17, 15) is 0 Å². The van der Waals surface area contributed by atoms with Gasteiger partial charge in [0.2, 0.25) is 0 Å². The van der Waals surface area contributed by atoms with Gasteiger partial charge in [0.15, 0.2) is 5.75 Å². The Labute approximate surface area is 128 Å². The second kappa shape index (κ2) is 5.62. The van der Waals surface area contributed by atoms with E-state index < -0.39 is 0 Å². The SMILES string of the molecule is CNc1cc(C)nc2c(Oc3ccccc3)ccc(Cl)c12. The first-order chi connectivity index (χ1) is 10.2. The number of nitrogens with one attached hydrogen (secondary N) is 1. The molecule has 1 N–H and O–H groups in total. The smallest absolute Gasteiger partial charge is 0.153 e. The third kappa shape index (κ3) is 2.65. The molecule has 21 heavy (non-hydrogen) atoms. The van der Waals surface area contributed by atoms with E-state index in [2.05, 4.69) is 10.3 Å². The van der Waals surface area contributed by atoms with E-state index in [-0.39, 0.29) is 0 Å². The summed E-state index contributed by atoms with van der Waals surface area (Å²) in [5.74, 6) is 1.47. The molecule has 0 atom stereocenters. The Bertz CT molecular complexity index is 788. The van der Waals surface area contributed by atoms with E-state index in [0.29, 0.717) is 10.8 Å². The Morgan fingerprint density at radius 3 is 2.57 bits per heavy atom. The van der Waals surface area contributed by atoms with Gasteiger partial charge in [0, 0.05) is 23.8 Å². The van der Waals surface area contributed by atoms with Gasteiger partial charge in [-0.25, -0.2) is 4.98 Å². The van der Waals surface area contributed by atoms with E-state index in [1.165, 1.54) is 0 Å². The molecule has 3 nitrogen and oxygen atoms in total. The molecule has 0 unspecified atom stereocenters. The second-order valence-corrected chi connectivity index (χ2v) is 5.15. The van der Waals surface area contributed by atoms with Crippen molar-refractivity contribution >= 4 is 28.2 Å². The number of fused-ring (bicyclic) bond motifs is 1. The summed E-state index contributed by atoms with van der Waals surface area (Å²) < 4.78 is 5.95. The lowest BCUT2D eigenvalue weighted by Gasteiger charge is -2.13. The van der Waals surface area contributed by atoms with Crippen molar-refractivity contribution in [2.45, 2.75) is 6.92 Å². The van der Waals surface area contributed by atoms with Crippen LogP contribution in [0.1, 0.15) is 5.69 Å². The van der Waals surface area contributed by atoms with Crippen LogP contribution in [0.15, 0.2) is 48.5 Å². The van der Waals surface area contributed by atoms with Crippen molar-refractivity contribution in [1.82, 2.24) is 4.98 Å². The second-order valence-electron chi connectivity index (χ2n) is 4.75. The number of rotatable bonds is 3. The zero-order valence-corrected chi connectivity index (χ0v) is 12.6. The van der Waals surface area contributed by atoms with Crippen LogP contribution in [0.5, 0.6) is 11.5 Å². The molecule has 0 saturated heterocycles. The van der Waals surface area contributed by atoms with Gasteiger partial charge in [-0.3, -0.25) is 0 Å². The van der Waals surface area contributed by atoms with Crippen LogP contribution >= 0.6 is 11.6 Å². The largest absolute Gasteiger partial charge is 0.455 e. The van der Waals surface area contributed by atoms with Crippen LogP contribution in [-0.2, 0) is 0 Å². The predicted octanol–water partition coefficient (Wildman–Crippen LogP) is 5.03. The number of benzene rings is 2. The van der Waals surface area contributed by atoms with E-state index in [4.69, 9.17) is 16.3 Å². The molecule has 0 aliphatic heterocycles. The molecular formula is C17H15ClN2O. The number of ether oxygens (including phenoxy) is 1. The van der Waals surface area contributed by atoms with Crippen LogP contribution in [-0.4, -0.2) is 12.0 Å². The van der Waals surface area contributed by atoms with Gasteiger partial charge in [0.25, 0.3) is 0 Å². The highest BCUT2D eigenvalue weighted by molar-refractivity contribution is 6.36. The average Bonchev–Trinajstić information content (AvgIpc) is 2.50. The van der Waals surface area contributed by atoms with Crippen LogP contribution in [0.2, 0.25) is 5.02 Å². The molecule has 0 bridgehead atoms. The Morgan fingerprint density at radius 2 is 1.86 bits per heavy atom. The molecule has 1 aromatic heterocycles. The molecular weight excluding hydrogens is 284 g/mol. The Balaban J connectivity index is 2.20. The van der Waals surface area contributed by atoms with Crippen LogP contribution in [0.3, 0.4) is 0 Å². The molecule has 0 aliphatic carbocycles. The van der Waals surface area contributed by atoms with Crippen molar-refractivity contribution < 1.29 is 4.74 Å². The maximum Gasteiger partial charge on any atom is 0.153 e. The van der Waals surface area contributed by atoms with Gasteiger partial charge in [-0.2, -0.15) is 0 Å². The lowest BCUT2D eigenvalue weighted by Crippen LogP contribution is -1.96. The summed E-state index contributed by atoms with van der Waals surface area (Å²) in [6, 6.07) is 15.3. The van der Waals surface area contributed by atoms with E-state index in [1.807, 2.05) is 62.5 Å². The van der Waals surface area contributed by atoms with Gasteiger partial charge < -0.3 is 10.1 Å².